The Kier molecular flexibility index (Phi) is 5.15. The van der Waals surface area contributed by atoms with Crippen molar-refractivity contribution in [2.45, 2.75) is 0 Å². The van der Waals surface area contributed by atoms with Gasteiger partial charge in [-0.15, -0.1) is 0 Å². The molecule has 158 valence electrons. The monoisotopic (exact) mass is 430 g/mol. The van der Waals surface area contributed by atoms with Crippen LogP contribution in [0.25, 0.3) is 43.8 Å². The van der Waals surface area contributed by atoms with Crippen LogP contribution in [0.1, 0.15) is 11.1 Å². The SMILES string of the molecule is C(#Cc1c2ccccc2c(-c2ccccc2)c2ccccc12)c1ccc(-c2ccccc2)cc1. The van der Waals surface area contributed by atoms with Crippen molar-refractivity contribution in [2.75, 3.05) is 0 Å². The van der Waals surface area contributed by atoms with E-state index in [4.69, 9.17) is 0 Å². The lowest BCUT2D eigenvalue weighted by Crippen LogP contribution is -1.90. The van der Waals surface area contributed by atoms with Gasteiger partial charge in [-0.1, -0.05) is 133 Å². The van der Waals surface area contributed by atoms with Crippen LogP contribution in [0.3, 0.4) is 0 Å². The van der Waals surface area contributed by atoms with Gasteiger partial charge in [-0.25, -0.2) is 0 Å². The molecule has 0 aliphatic carbocycles. The summed E-state index contributed by atoms with van der Waals surface area (Å²) in [7, 11) is 0. The standard InChI is InChI=1S/C34H22/c1-3-11-26(12-4-1)27-22-19-25(20-23-27)21-24-31-29-15-7-9-17-32(29)34(28-13-5-2-6-14-28)33-18-10-8-16-30(31)33/h1-20,22-23H. The van der Waals surface area contributed by atoms with Gasteiger partial charge in [0, 0.05) is 11.1 Å². The minimum Gasteiger partial charge on any atom is -0.0622 e. The highest BCUT2D eigenvalue weighted by atomic mass is 14.2. The molecule has 0 radical (unpaired) electrons. The van der Waals surface area contributed by atoms with E-state index in [1.54, 1.807) is 0 Å². The molecular weight excluding hydrogens is 408 g/mol. The molecule has 0 heteroatoms. The zero-order valence-electron chi connectivity index (χ0n) is 18.7. The van der Waals surface area contributed by atoms with Gasteiger partial charge in [0.1, 0.15) is 0 Å². The summed E-state index contributed by atoms with van der Waals surface area (Å²) in [6.45, 7) is 0. The van der Waals surface area contributed by atoms with E-state index in [2.05, 4.69) is 139 Å². The van der Waals surface area contributed by atoms with E-state index >= 15 is 0 Å². The van der Waals surface area contributed by atoms with Crippen LogP contribution in [0.4, 0.5) is 0 Å². The second-order valence-corrected chi connectivity index (χ2v) is 8.40. The topological polar surface area (TPSA) is 0 Å². The molecule has 0 aromatic heterocycles. The fourth-order valence-corrected chi connectivity index (χ4v) is 4.69. The average molecular weight is 431 g/mol. The Morgan fingerprint density at radius 2 is 0.765 bits per heavy atom. The van der Waals surface area contributed by atoms with Gasteiger partial charge in [-0.05, 0) is 55.9 Å². The van der Waals surface area contributed by atoms with Gasteiger partial charge in [-0.3, -0.25) is 0 Å². The third-order valence-electron chi connectivity index (χ3n) is 6.32. The van der Waals surface area contributed by atoms with Crippen LogP contribution < -0.4 is 0 Å². The van der Waals surface area contributed by atoms with Gasteiger partial charge < -0.3 is 0 Å². The Hall–Kier alpha value is -4.60. The molecule has 0 bridgehead atoms. The molecule has 0 aliphatic heterocycles. The van der Waals surface area contributed by atoms with Gasteiger partial charge in [-0.2, -0.15) is 0 Å². The van der Waals surface area contributed by atoms with E-state index in [9.17, 15) is 0 Å². The summed E-state index contributed by atoms with van der Waals surface area (Å²) in [6, 6.07) is 46.8. The Balaban J connectivity index is 1.52. The van der Waals surface area contributed by atoms with Crippen LogP contribution >= 0.6 is 0 Å². The largest absolute Gasteiger partial charge is 0.0622 e. The summed E-state index contributed by atoms with van der Waals surface area (Å²) in [5.41, 5.74) is 7.01. The average Bonchev–Trinajstić information content (AvgIpc) is 2.92. The maximum Gasteiger partial charge on any atom is 0.0406 e. The predicted molar refractivity (Wildman–Crippen MR) is 145 cm³/mol. The van der Waals surface area contributed by atoms with Crippen molar-refractivity contribution in [3.8, 4) is 34.1 Å². The quantitative estimate of drug-likeness (QED) is 0.190. The minimum absolute atomic E-state index is 1.01. The normalized spacial score (nSPS) is 10.7. The van der Waals surface area contributed by atoms with Gasteiger partial charge in [0.2, 0.25) is 0 Å². The first-order chi connectivity index (χ1) is 16.9. The summed E-state index contributed by atoms with van der Waals surface area (Å²) in [5, 5.41) is 4.84. The van der Waals surface area contributed by atoms with Crippen molar-refractivity contribution in [1.29, 1.82) is 0 Å². The Bertz CT molecular complexity index is 1610. The van der Waals surface area contributed by atoms with E-state index in [0.29, 0.717) is 0 Å². The molecule has 0 amide bonds. The maximum absolute atomic E-state index is 3.53. The molecule has 6 rings (SSSR count). The molecule has 0 atom stereocenters. The smallest absolute Gasteiger partial charge is 0.0406 e. The molecule has 0 nitrogen and oxygen atoms in total. The highest BCUT2D eigenvalue weighted by Crippen LogP contribution is 2.38. The van der Waals surface area contributed by atoms with Crippen LogP contribution in [0.2, 0.25) is 0 Å². The first-order valence-electron chi connectivity index (χ1n) is 11.5. The molecule has 0 heterocycles. The van der Waals surface area contributed by atoms with E-state index in [0.717, 1.165) is 11.1 Å². The number of benzene rings is 6. The van der Waals surface area contributed by atoms with Gasteiger partial charge in [0.15, 0.2) is 0 Å². The van der Waals surface area contributed by atoms with E-state index < -0.39 is 0 Å². The van der Waals surface area contributed by atoms with Gasteiger partial charge in [0.25, 0.3) is 0 Å². The van der Waals surface area contributed by atoms with Crippen LogP contribution in [-0.4, -0.2) is 0 Å². The molecular formula is C34H22. The zero-order chi connectivity index (χ0) is 22.7. The molecule has 6 aromatic carbocycles. The van der Waals surface area contributed by atoms with E-state index in [1.807, 2.05) is 6.07 Å². The van der Waals surface area contributed by atoms with Crippen LogP contribution in [0.15, 0.2) is 133 Å². The number of hydrogen-bond acceptors (Lipinski definition) is 0. The number of hydrogen-bond donors (Lipinski definition) is 0. The van der Waals surface area contributed by atoms with Crippen molar-refractivity contribution in [1.82, 2.24) is 0 Å². The van der Waals surface area contributed by atoms with Crippen molar-refractivity contribution in [3.05, 3.63) is 145 Å². The van der Waals surface area contributed by atoms with Gasteiger partial charge >= 0.3 is 0 Å². The minimum atomic E-state index is 1.01. The summed E-state index contributed by atoms with van der Waals surface area (Å²) in [4.78, 5) is 0. The Morgan fingerprint density at radius 3 is 1.32 bits per heavy atom. The molecule has 34 heavy (non-hydrogen) atoms. The molecule has 0 aliphatic rings. The van der Waals surface area contributed by atoms with Crippen molar-refractivity contribution >= 4 is 21.5 Å². The Morgan fingerprint density at radius 1 is 0.324 bits per heavy atom. The fourth-order valence-electron chi connectivity index (χ4n) is 4.69. The molecule has 0 saturated carbocycles. The lowest BCUT2D eigenvalue weighted by atomic mass is 9.88. The van der Waals surface area contributed by atoms with Crippen LogP contribution in [0, 0.1) is 11.8 Å². The Labute approximate surface area is 200 Å². The summed E-state index contributed by atoms with van der Waals surface area (Å²) < 4.78 is 0. The first-order valence-corrected chi connectivity index (χ1v) is 11.5. The second kappa shape index (κ2) is 8.74. The number of rotatable bonds is 2. The third kappa shape index (κ3) is 3.64. The van der Waals surface area contributed by atoms with E-state index in [1.165, 1.54) is 43.8 Å². The third-order valence-corrected chi connectivity index (χ3v) is 6.32. The zero-order valence-corrected chi connectivity index (χ0v) is 18.7. The van der Waals surface area contributed by atoms with Crippen LogP contribution in [-0.2, 0) is 0 Å². The van der Waals surface area contributed by atoms with Gasteiger partial charge in [0.05, 0.1) is 0 Å². The van der Waals surface area contributed by atoms with E-state index in [-0.39, 0.29) is 0 Å². The first kappa shape index (κ1) is 20.0. The van der Waals surface area contributed by atoms with Crippen molar-refractivity contribution in [2.24, 2.45) is 0 Å². The fraction of sp³-hybridized carbons (Fsp3) is 0. The molecule has 0 saturated heterocycles. The predicted octanol–water partition coefficient (Wildman–Crippen LogP) is 8.73. The second-order valence-electron chi connectivity index (χ2n) is 8.40. The highest BCUT2D eigenvalue weighted by Gasteiger charge is 2.13. The highest BCUT2D eigenvalue weighted by molar-refractivity contribution is 6.16. The molecule has 0 unspecified atom stereocenters. The summed E-state index contributed by atoms with van der Waals surface area (Å²) >= 11 is 0. The molecule has 0 N–H and O–H groups in total. The molecule has 0 spiro atoms. The molecule has 0 fully saturated rings. The summed E-state index contributed by atoms with van der Waals surface area (Å²) in [5.74, 6) is 6.97. The number of fused-ring (bicyclic) bond motifs is 2. The maximum atomic E-state index is 3.53. The van der Waals surface area contributed by atoms with Crippen LogP contribution in [0.5, 0.6) is 0 Å². The lowest BCUT2D eigenvalue weighted by Gasteiger charge is -2.14. The van der Waals surface area contributed by atoms with Crippen molar-refractivity contribution in [3.63, 3.8) is 0 Å². The molecule has 6 aromatic rings. The summed E-state index contributed by atoms with van der Waals surface area (Å²) in [6.07, 6.45) is 0. The van der Waals surface area contributed by atoms with Crippen molar-refractivity contribution < 1.29 is 0 Å². The lowest BCUT2D eigenvalue weighted by molar-refractivity contribution is 1.59.